The molecular formula is C19H16FN3O4. The monoisotopic (exact) mass is 369 g/mol. The molecular weight excluding hydrogens is 353 g/mol. The van der Waals surface area contributed by atoms with Gasteiger partial charge >= 0.3 is 5.97 Å². The van der Waals surface area contributed by atoms with Gasteiger partial charge in [0, 0.05) is 11.3 Å². The topological polar surface area (TPSA) is 108 Å². The highest BCUT2D eigenvalue weighted by atomic mass is 19.1. The second-order valence-electron chi connectivity index (χ2n) is 5.50. The number of anilines is 1. The van der Waals surface area contributed by atoms with E-state index in [9.17, 15) is 18.8 Å². The van der Waals surface area contributed by atoms with E-state index >= 15 is 0 Å². The van der Waals surface area contributed by atoms with E-state index in [1.807, 2.05) is 6.07 Å². The first-order valence-electron chi connectivity index (χ1n) is 7.93. The fourth-order valence-electron chi connectivity index (χ4n) is 2.05. The predicted octanol–water partition coefficient (Wildman–Crippen LogP) is 2.00. The molecule has 27 heavy (non-hydrogen) atoms. The van der Waals surface area contributed by atoms with Gasteiger partial charge in [-0.05, 0) is 49.4 Å². The number of ether oxygens (including phenoxy) is 1. The number of nitrogens with zero attached hydrogens (tertiary/aromatic N) is 1. The Hall–Kier alpha value is -3.73. The maximum absolute atomic E-state index is 13.1. The van der Waals surface area contributed by atoms with Crippen molar-refractivity contribution in [2.75, 3.05) is 11.9 Å². The van der Waals surface area contributed by atoms with E-state index in [0.717, 1.165) is 6.07 Å². The van der Waals surface area contributed by atoms with E-state index < -0.39 is 36.2 Å². The molecule has 0 bridgehead atoms. The summed E-state index contributed by atoms with van der Waals surface area (Å²) < 4.78 is 18.0. The third kappa shape index (κ3) is 5.93. The average Bonchev–Trinajstić information content (AvgIpc) is 2.66. The molecule has 2 amide bonds. The van der Waals surface area contributed by atoms with Crippen molar-refractivity contribution < 1.29 is 23.5 Å². The zero-order valence-corrected chi connectivity index (χ0v) is 14.4. The molecule has 0 heterocycles. The number of benzene rings is 2. The van der Waals surface area contributed by atoms with E-state index in [1.54, 1.807) is 12.1 Å². The highest BCUT2D eigenvalue weighted by molar-refractivity contribution is 5.97. The lowest BCUT2D eigenvalue weighted by Crippen LogP contribution is -2.35. The number of nitriles is 1. The molecule has 2 N–H and O–H groups in total. The van der Waals surface area contributed by atoms with E-state index in [1.165, 1.54) is 37.3 Å². The van der Waals surface area contributed by atoms with Crippen LogP contribution in [-0.4, -0.2) is 30.4 Å². The Morgan fingerprint density at radius 1 is 1.19 bits per heavy atom. The molecule has 0 spiro atoms. The summed E-state index contributed by atoms with van der Waals surface area (Å²) in [5.74, 6) is -2.59. The van der Waals surface area contributed by atoms with Gasteiger partial charge in [0.15, 0.2) is 6.10 Å². The Kier molecular flexibility index (Phi) is 6.61. The molecule has 2 aromatic carbocycles. The third-order valence-electron chi connectivity index (χ3n) is 3.44. The zero-order chi connectivity index (χ0) is 19.8. The quantitative estimate of drug-likeness (QED) is 0.757. The van der Waals surface area contributed by atoms with Crippen LogP contribution in [0.4, 0.5) is 10.1 Å². The summed E-state index contributed by atoms with van der Waals surface area (Å²) in [5, 5.41) is 13.6. The van der Waals surface area contributed by atoms with Gasteiger partial charge in [0.25, 0.3) is 11.8 Å². The molecule has 2 aromatic rings. The Balaban J connectivity index is 1.81. The smallest absolute Gasteiger partial charge is 0.326 e. The second-order valence-corrected chi connectivity index (χ2v) is 5.50. The molecule has 0 aliphatic carbocycles. The van der Waals surface area contributed by atoms with Crippen LogP contribution in [0.15, 0.2) is 48.5 Å². The number of carbonyl (C=O) groups is 3. The Labute approximate surface area is 154 Å². The molecule has 1 atom stereocenters. The molecule has 0 radical (unpaired) electrons. The van der Waals surface area contributed by atoms with Crippen molar-refractivity contribution in [1.82, 2.24) is 5.32 Å². The standard InChI is InChI=1S/C19H16FN3O4/c1-12(18(25)23-16-7-5-13(10-21)6-8-16)27-17(24)11-22-19(26)14-3-2-4-15(20)9-14/h2-9,12H,11H2,1H3,(H,22,26)(H,23,25)/t12-/m0/s1. The lowest BCUT2D eigenvalue weighted by Gasteiger charge is -2.14. The minimum absolute atomic E-state index is 0.0643. The van der Waals surface area contributed by atoms with E-state index in [0.29, 0.717) is 11.3 Å². The fraction of sp³-hybridized carbons (Fsp3) is 0.158. The van der Waals surface area contributed by atoms with Crippen molar-refractivity contribution >= 4 is 23.5 Å². The SMILES string of the molecule is C[C@H](OC(=O)CNC(=O)c1cccc(F)c1)C(=O)Nc1ccc(C#N)cc1. The molecule has 138 valence electrons. The van der Waals surface area contributed by atoms with Crippen molar-refractivity contribution in [2.24, 2.45) is 0 Å². The molecule has 0 aliphatic heterocycles. The van der Waals surface area contributed by atoms with Crippen molar-refractivity contribution in [1.29, 1.82) is 5.26 Å². The first-order valence-corrected chi connectivity index (χ1v) is 7.93. The summed E-state index contributed by atoms with van der Waals surface area (Å²) in [6, 6.07) is 13.1. The number of esters is 1. The summed E-state index contributed by atoms with van der Waals surface area (Å²) in [5.41, 5.74) is 0.956. The number of amides is 2. The van der Waals surface area contributed by atoms with Crippen LogP contribution in [0.25, 0.3) is 0 Å². The van der Waals surface area contributed by atoms with Crippen LogP contribution in [-0.2, 0) is 14.3 Å². The van der Waals surface area contributed by atoms with Gasteiger partial charge < -0.3 is 15.4 Å². The van der Waals surface area contributed by atoms with Crippen LogP contribution in [0.2, 0.25) is 0 Å². The van der Waals surface area contributed by atoms with Gasteiger partial charge in [-0.1, -0.05) is 6.07 Å². The largest absolute Gasteiger partial charge is 0.451 e. The van der Waals surface area contributed by atoms with Crippen molar-refractivity contribution in [3.63, 3.8) is 0 Å². The van der Waals surface area contributed by atoms with Crippen LogP contribution < -0.4 is 10.6 Å². The first kappa shape index (κ1) is 19.6. The minimum Gasteiger partial charge on any atom is -0.451 e. The number of carbonyl (C=O) groups excluding carboxylic acids is 3. The molecule has 2 rings (SSSR count). The van der Waals surface area contributed by atoms with Crippen LogP contribution >= 0.6 is 0 Å². The Bertz CT molecular complexity index is 891. The van der Waals surface area contributed by atoms with Crippen molar-refractivity contribution in [3.05, 3.63) is 65.5 Å². The van der Waals surface area contributed by atoms with Gasteiger partial charge in [-0.3, -0.25) is 14.4 Å². The van der Waals surface area contributed by atoms with Gasteiger partial charge in [-0.15, -0.1) is 0 Å². The first-order chi connectivity index (χ1) is 12.9. The predicted molar refractivity (Wildman–Crippen MR) is 94.1 cm³/mol. The Morgan fingerprint density at radius 3 is 2.52 bits per heavy atom. The van der Waals surface area contributed by atoms with Crippen LogP contribution in [0.1, 0.15) is 22.8 Å². The highest BCUT2D eigenvalue weighted by Crippen LogP contribution is 2.10. The molecule has 8 heteroatoms. The second kappa shape index (κ2) is 9.10. The summed E-state index contributed by atoms with van der Waals surface area (Å²) in [7, 11) is 0. The summed E-state index contributed by atoms with van der Waals surface area (Å²) >= 11 is 0. The molecule has 0 unspecified atom stereocenters. The van der Waals surface area contributed by atoms with E-state index in [2.05, 4.69) is 10.6 Å². The minimum atomic E-state index is -1.10. The van der Waals surface area contributed by atoms with Crippen molar-refractivity contribution in [2.45, 2.75) is 13.0 Å². The number of nitrogens with one attached hydrogen (secondary N) is 2. The van der Waals surface area contributed by atoms with Gasteiger partial charge in [-0.2, -0.15) is 5.26 Å². The van der Waals surface area contributed by atoms with Gasteiger partial charge in [-0.25, -0.2) is 4.39 Å². The summed E-state index contributed by atoms with van der Waals surface area (Å²) in [6.45, 7) is 0.912. The molecule has 0 aromatic heterocycles. The molecule has 0 aliphatic rings. The maximum Gasteiger partial charge on any atom is 0.326 e. The normalized spacial score (nSPS) is 11.0. The fourth-order valence-corrected chi connectivity index (χ4v) is 2.05. The average molecular weight is 369 g/mol. The highest BCUT2D eigenvalue weighted by Gasteiger charge is 2.18. The summed E-state index contributed by atoms with van der Waals surface area (Å²) in [6.07, 6.45) is -1.10. The molecule has 7 nitrogen and oxygen atoms in total. The van der Waals surface area contributed by atoms with Gasteiger partial charge in [0.05, 0.1) is 11.6 Å². The lowest BCUT2D eigenvalue weighted by atomic mass is 10.2. The van der Waals surface area contributed by atoms with E-state index in [-0.39, 0.29) is 5.56 Å². The van der Waals surface area contributed by atoms with E-state index in [4.69, 9.17) is 10.00 Å². The Morgan fingerprint density at radius 2 is 1.89 bits per heavy atom. The molecule has 0 fully saturated rings. The van der Waals surface area contributed by atoms with Crippen LogP contribution in [0.5, 0.6) is 0 Å². The maximum atomic E-state index is 13.1. The van der Waals surface area contributed by atoms with Crippen LogP contribution in [0, 0.1) is 17.1 Å². The number of hydrogen-bond donors (Lipinski definition) is 2. The van der Waals surface area contributed by atoms with Gasteiger partial charge in [0.1, 0.15) is 12.4 Å². The third-order valence-corrected chi connectivity index (χ3v) is 3.44. The molecule has 0 saturated carbocycles. The van der Waals surface area contributed by atoms with Gasteiger partial charge in [0.2, 0.25) is 0 Å². The van der Waals surface area contributed by atoms with Crippen LogP contribution in [0.3, 0.4) is 0 Å². The number of halogens is 1. The zero-order valence-electron chi connectivity index (χ0n) is 14.4. The van der Waals surface area contributed by atoms with Crippen molar-refractivity contribution in [3.8, 4) is 6.07 Å². The summed E-state index contributed by atoms with van der Waals surface area (Å²) in [4.78, 5) is 35.6. The molecule has 0 saturated heterocycles. The number of rotatable bonds is 6. The lowest BCUT2D eigenvalue weighted by molar-refractivity contribution is -0.152. The number of hydrogen-bond acceptors (Lipinski definition) is 5.